The normalized spacial score (nSPS) is 11.0. The third kappa shape index (κ3) is 4.85. The molecule has 120 valence electrons. The lowest BCUT2D eigenvalue weighted by Crippen LogP contribution is -2.26. The molecule has 0 saturated carbocycles. The molecule has 1 amide bonds. The van der Waals surface area contributed by atoms with Crippen LogP contribution in [-0.2, 0) is 4.79 Å². The van der Waals surface area contributed by atoms with E-state index in [0.29, 0.717) is 11.5 Å². The number of nitrogens with zero attached hydrogens (tertiary/aromatic N) is 1. The smallest absolute Gasteiger partial charge is 0.277 e. The summed E-state index contributed by atoms with van der Waals surface area (Å²) in [5.74, 6) is 0.785. The second kappa shape index (κ2) is 8.58. The molecule has 0 saturated heterocycles. The van der Waals surface area contributed by atoms with Gasteiger partial charge in [-0.05, 0) is 24.1 Å². The van der Waals surface area contributed by atoms with Crippen LogP contribution < -0.4 is 14.9 Å². The van der Waals surface area contributed by atoms with E-state index in [2.05, 4.69) is 10.5 Å². The van der Waals surface area contributed by atoms with Gasteiger partial charge in [0.15, 0.2) is 18.1 Å². The number of carbonyl (C=O) groups excluding carboxylic acids is 1. The Labute approximate surface area is 135 Å². The maximum Gasteiger partial charge on any atom is 0.277 e. The summed E-state index contributed by atoms with van der Waals surface area (Å²) in [6, 6.07) is 16.9. The molecule has 5 nitrogen and oxygen atoms in total. The van der Waals surface area contributed by atoms with Crippen LogP contribution in [0.2, 0.25) is 0 Å². The molecule has 0 spiro atoms. The Morgan fingerprint density at radius 1 is 1.04 bits per heavy atom. The van der Waals surface area contributed by atoms with Gasteiger partial charge in [0, 0.05) is 0 Å². The van der Waals surface area contributed by atoms with Gasteiger partial charge in [0.05, 0.1) is 12.8 Å². The molecule has 0 radical (unpaired) electrons. The molecule has 2 rings (SSSR count). The van der Waals surface area contributed by atoms with Gasteiger partial charge in [-0.25, -0.2) is 5.43 Å². The topological polar surface area (TPSA) is 59.9 Å². The summed E-state index contributed by atoms with van der Waals surface area (Å²) in [5.41, 5.74) is 4.33. The van der Waals surface area contributed by atoms with Gasteiger partial charge < -0.3 is 9.47 Å². The van der Waals surface area contributed by atoms with Gasteiger partial charge in [0.25, 0.3) is 5.91 Å². The van der Waals surface area contributed by atoms with Crippen LogP contribution in [0.3, 0.4) is 0 Å². The Balaban J connectivity index is 1.93. The zero-order valence-electron chi connectivity index (χ0n) is 13.3. The molecule has 0 aliphatic rings. The zero-order valence-corrected chi connectivity index (χ0v) is 13.3. The summed E-state index contributed by atoms with van der Waals surface area (Å²) >= 11 is 0. The van der Waals surface area contributed by atoms with Crippen LogP contribution in [0.15, 0.2) is 59.7 Å². The van der Waals surface area contributed by atoms with Gasteiger partial charge in [-0.2, -0.15) is 5.10 Å². The zero-order chi connectivity index (χ0) is 16.5. The minimum atomic E-state index is -0.321. The van der Waals surface area contributed by atoms with E-state index in [4.69, 9.17) is 9.47 Å². The lowest BCUT2D eigenvalue weighted by Gasteiger charge is -2.09. The van der Waals surface area contributed by atoms with Crippen LogP contribution in [0.5, 0.6) is 11.5 Å². The summed E-state index contributed by atoms with van der Waals surface area (Å²) in [4.78, 5) is 11.9. The van der Waals surface area contributed by atoms with Crippen molar-refractivity contribution in [3.8, 4) is 11.5 Å². The predicted molar refractivity (Wildman–Crippen MR) is 89.9 cm³/mol. The molecule has 0 aliphatic heterocycles. The van der Waals surface area contributed by atoms with Crippen molar-refractivity contribution in [2.24, 2.45) is 5.10 Å². The summed E-state index contributed by atoms with van der Waals surface area (Å²) in [6.07, 6.45) is 0.720. The number of hydrogen-bond donors (Lipinski definition) is 1. The molecule has 0 atom stereocenters. The fourth-order valence-electron chi connectivity index (χ4n) is 2.02. The van der Waals surface area contributed by atoms with Crippen molar-refractivity contribution in [3.05, 3.63) is 60.2 Å². The number of benzene rings is 2. The highest BCUT2D eigenvalue weighted by atomic mass is 16.5. The first-order valence-electron chi connectivity index (χ1n) is 7.41. The second-order valence-corrected chi connectivity index (χ2v) is 4.75. The van der Waals surface area contributed by atoms with Crippen LogP contribution in [0, 0.1) is 0 Å². The van der Waals surface area contributed by atoms with Gasteiger partial charge in [-0.15, -0.1) is 0 Å². The number of methoxy groups -OCH3 is 1. The minimum absolute atomic E-state index is 0.129. The fourth-order valence-corrected chi connectivity index (χ4v) is 2.02. The molecule has 0 heterocycles. The Kier molecular flexibility index (Phi) is 6.17. The summed E-state index contributed by atoms with van der Waals surface area (Å²) in [5, 5.41) is 4.17. The van der Waals surface area contributed by atoms with E-state index in [1.807, 2.05) is 49.4 Å². The van der Waals surface area contributed by atoms with Crippen molar-refractivity contribution in [2.45, 2.75) is 13.3 Å². The number of nitrogens with one attached hydrogen (secondary N) is 1. The monoisotopic (exact) mass is 312 g/mol. The van der Waals surface area contributed by atoms with Gasteiger partial charge in [-0.3, -0.25) is 4.79 Å². The van der Waals surface area contributed by atoms with E-state index in [1.165, 1.54) is 0 Å². The standard InChI is InChI=1S/C18H20N2O3/c1-3-15(14-9-5-4-6-10-14)19-20-18(21)13-23-17-12-8-7-11-16(17)22-2/h4-12H,3,13H2,1-2H3,(H,20,21)/b19-15-. The molecule has 0 fully saturated rings. The molecule has 23 heavy (non-hydrogen) atoms. The van der Waals surface area contributed by atoms with Gasteiger partial charge >= 0.3 is 0 Å². The molecular weight excluding hydrogens is 292 g/mol. The Morgan fingerprint density at radius 2 is 1.70 bits per heavy atom. The van der Waals surface area contributed by atoms with Crippen molar-refractivity contribution >= 4 is 11.6 Å². The van der Waals surface area contributed by atoms with Crippen molar-refractivity contribution < 1.29 is 14.3 Å². The van der Waals surface area contributed by atoms with Gasteiger partial charge in [0.1, 0.15) is 0 Å². The van der Waals surface area contributed by atoms with E-state index in [1.54, 1.807) is 19.2 Å². The quantitative estimate of drug-likeness (QED) is 0.631. The molecule has 2 aromatic rings. The molecule has 5 heteroatoms. The number of rotatable bonds is 7. The largest absolute Gasteiger partial charge is 0.493 e. The lowest BCUT2D eigenvalue weighted by molar-refractivity contribution is -0.123. The number of hydrogen-bond acceptors (Lipinski definition) is 4. The third-order valence-corrected chi connectivity index (χ3v) is 3.19. The van der Waals surface area contributed by atoms with Crippen molar-refractivity contribution in [1.82, 2.24) is 5.43 Å². The van der Waals surface area contributed by atoms with Crippen LogP contribution in [0.25, 0.3) is 0 Å². The third-order valence-electron chi connectivity index (χ3n) is 3.19. The second-order valence-electron chi connectivity index (χ2n) is 4.75. The van der Waals surface area contributed by atoms with Crippen molar-refractivity contribution in [1.29, 1.82) is 0 Å². The first kappa shape index (κ1) is 16.5. The Hall–Kier alpha value is -2.82. The molecule has 0 aliphatic carbocycles. The number of ether oxygens (including phenoxy) is 2. The molecule has 0 bridgehead atoms. The van der Waals surface area contributed by atoms with Crippen molar-refractivity contribution in [3.63, 3.8) is 0 Å². The molecule has 0 unspecified atom stereocenters. The SMILES string of the molecule is CC/C(=N/NC(=O)COc1ccccc1OC)c1ccccc1. The number of hydrazone groups is 1. The molecule has 1 N–H and O–H groups in total. The highest BCUT2D eigenvalue weighted by Crippen LogP contribution is 2.25. The average molecular weight is 312 g/mol. The number of amides is 1. The van der Waals surface area contributed by atoms with Crippen LogP contribution in [0.1, 0.15) is 18.9 Å². The Bertz CT molecular complexity index is 669. The highest BCUT2D eigenvalue weighted by Gasteiger charge is 2.07. The van der Waals surface area contributed by atoms with Crippen molar-refractivity contribution in [2.75, 3.05) is 13.7 Å². The maximum absolute atomic E-state index is 11.9. The predicted octanol–water partition coefficient (Wildman–Crippen LogP) is 3.00. The Morgan fingerprint density at radius 3 is 2.35 bits per heavy atom. The van der Waals surface area contributed by atoms with E-state index in [-0.39, 0.29) is 12.5 Å². The van der Waals surface area contributed by atoms with Gasteiger partial charge in [0.2, 0.25) is 0 Å². The highest BCUT2D eigenvalue weighted by molar-refractivity contribution is 6.00. The summed E-state index contributed by atoms with van der Waals surface area (Å²) in [6.45, 7) is 1.86. The van der Waals surface area contributed by atoms with Crippen LogP contribution in [-0.4, -0.2) is 25.3 Å². The average Bonchev–Trinajstić information content (AvgIpc) is 2.61. The molecular formula is C18H20N2O3. The first-order valence-corrected chi connectivity index (χ1v) is 7.41. The van der Waals surface area contributed by atoms with Crippen LogP contribution >= 0.6 is 0 Å². The molecule has 0 aromatic heterocycles. The van der Waals surface area contributed by atoms with E-state index in [9.17, 15) is 4.79 Å². The minimum Gasteiger partial charge on any atom is -0.493 e. The van der Waals surface area contributed by atoms with E-state index >= 15 is 0 Å². The maximum atomic E-state index is 11.9. The van der Waals surface area contributed by atoms with Crippen LogP contribution in [0.4, 0.5) is 0 Å². The summed E-state index contributed by atoms with van der Waals surface area (Å²) < 4.78 is 10.6. The van der Waals surface area contributed by atoms with E-state index in [0.717, 1.165) is 17.7 Å². The number of para-hydroxylation sites is 2. The fraction of sp³-hybridized carbons (Fsp3) is 0.222. The first-order chi connectivity index (χ1) is 11.2. The van der Waals surface area contributed by atoms with E-state index < -0.39 is 0 Å². The lowest BCUT2D eigenvalue weighted by atomic mass is 10.1. The number of carbonyl (C=O) groups is 1. The van der Waals surface area contributed by atoms with Gasteiger partial charge in [-0.1, -0.05) is 49.4 Å². The molecule has 2 aromatic carbocycles. The summed E-state index contributed by atoms with van der Waals surface area (Å²) in [7, 11) is 1.56.